The first-order valence-electron chi connectivity index (χ1n) is 9.02. The second kappa shape index (κ2) is 9.71. The first-order chi connectivity index (χ1) is 13.6. The van der Waals surface area contributed by atoms with Gasteiger partial charge in [-0.25, -0.2) is 0 Å². The monoisotopic (exact) mass is 396 g/mol. The molecule has 28 heavy (non-hydrogen) atoms. The number of benzene rings is 2. The summed E-state index contributed by atoms with van der Waals surface area (Å²) in [4.78, 5) is 24.1. The van der Waals surface area contributed by atoms with E-state index in [1.165, 1.54) is 0 Å². The van der Waals surface area contributed by atoms with E-state index in [4.69, 9.17) is 11.6 Å². The largest absolute Gasteiger partial charge is 0.352 e. The van der Waals surface area contributed by atoms with E-state index < -0.39 is 0 Å². The number of aromatic amines is 1. The average molecular weight is 397 g/mol. The smallest absolute Gasteiger partial charge is 0.251 e. The first kappa shape index (κ1) is 19.6. The molecular formula is C21H21ClN4O2. The van der Waals surface area contributed by atoms with Gasteiger partial charge in [-0.15, -0.1) is 0 Å². The molecule has 0 radical (unpaired) electrons. The maximum atomic E-state index is 12.1. The van der Waals surface area contributed by atoms with Gasteiger partial charge in [0.15, 0.2) is 5.82 Å². The van der Waals surface area contributed by atoms with Crippen molar-refractivity contribution in [1.29, 1.82) is 0 Å². The van der Waals surface area contributed by atoms with Crippen LogP contribution in [-0.4, -0.2) is 28.6 Å². The molecule has 3 rings (SSSR count). The van der Waals surface area contributed by atoms with Crippen molar-refractivity contribution in [3.63, 3.8) is 0 Å². The number of aryl methyl sites for hydroxylation is 1. The number of rotatable bonds is 8. The Bertz CT molecular complexity index is 940. The minimum absolute atomic E-state index is 0.0841. The molecule has 3 aromatic rings. The Morgan fingerprint density at radius 2 is 1.86 bits per heavy atom. The summed E-state index contributed by atoms with van der Waals surface area (Å²) in [5, 5.41) is 13.3. The predicted molar refractivity (Wildman–Crippen MR) is 109 cm³/mol. The highest BCUT2D eigenvalue weighted by Crippen LogP contribution is 2.12. The zero-order chi connectivity index (χ0) is 19.8. The second-order valence-electron chi connectivity index (χ2n) is 6.36. The number of H-pyrrole nitrogens is 1. The van der Waals surface area contributed by atoms with Crippen LogP contribution in [0.25, 0.3) is 0 Å². The van der Waals surface area contributed by atoms with Gasteiger partial charge in [0.25, 0.3) is 5.91 Å². The highest BCUT2D eigenvalue weighted by atomic mass is 35.5. The van der Waals surface area contributed by atoms with Crippen LogP contribution in [0.3, 0.4) is 0 Å². The number of nitrogens with zero attached hydrogens (tertiary/aromatic N) is 1. The molecular weight excluding hydrogens is 376 g/mol. The summed E-state index contributed by atoms with van der Waals surface area (Å²) in [6.45, 7) is 0.559. The number of hydrogen-bond acceptors (Lipinski definition) is 3. The third-order valence-electron chi connectivity index (χ3n) is 4.10. The van der Waals surface area contributed by atoms with Crippen molar-refractivity contribution in [2.24, 2.45) is 0 Å². The molecule has 0 unspecified atom stereocenters. The highest BCUT2D eigenvalue weighted by molar-refractivity contribution is 6.30. The van der Waals surface area contributed by atoms with E-state index >= 15 is 0 Å². The lowest BCUT2D eigenvalue weighted by molar-refractivity contribution is -0.115. The molecule has 2 aromatic carbocycles. The number of hydrogen-bond donors (Lipinski definition) is 3. The number of carbonyl (C=O) groups is 2. The van der Waals surface area contributed by atoms with Gasteiger partial charge in [0.1, 0.15) is 0 Å². The van der Waals surface area contributed by atoms with Crippen molar-refractivity contribution in [3.05, 3.63) is 82.5 Å². The Hall–Kier alpha value is -3.12. The minimum Gasteiger partial charge on any atom is -0.352 e. The molecule has 1 aromatic heterocycles. The molecule has 1 heterocycles. The SMILES string of the molecule is O=C(Cc1cccc(Cl)c1)Nc1cc(CCCNC(=O)c2ccccc2)[nH]n1. The highest BCUT2D eigenvalue weighted by Gasteiger charge is 2.08. The number of nitrogens with one attached hydrogen (secondary N) is 3. The van der Waals surface area contributed by atoms with Gasteiger partial charge >= 0.3 is 0 Å². The van der Waals surface area contributed by atoms with E-state index in [2.05, 4.69) is 20.8 Å². The Balaban J connectivity index is 1.40. The number of amides is 2. The van der Waals surface area contributed by atoms with Gasteiger partial charge in [0, 0.05) is 28.9 Å². The summed E-state index contributed by atoms with van der Waals surface area (Å²) < 4.78 is 0. The molecule has 144 valence electrons. The summed E-state index contributed by atoms with van der Waals surface area (Å²) in [6, 6.07) is 18.1. The number of anilines is 1. The molecule has 7 heteroatoms. The lowest BCUT2D eigenvalue weighted by Crippen LogP contribution is -2.24. The van der Waals surface area contributed by atoms with Crippen molar-refractivity contribution < 1.29 is 9.59 Å². The molecule has 0 bridgehead atoms. The van der Waals surface area contributed by atoms with Crippen molar-refractivity contribution >= 4 is 29.2 Å². The van der Waals surface area contributed by atoms with Gasteiger partial charge in [-0.3, -0.25) is 14.7 Å². The Morgan fingerprint density at radius 1 is 1.04 bits per heavy atom. The molecule has 0 saturated heterocycles. The lowest BCUT2D eigenvalue weighted by atomic mass is 10.1. The fourth-order valence-corrected chi connectivity index (χ4v) is 2.96. The van der Waals surface area contributed by atoms with Crippen molar-refractivity contribution in [2.45, 2.75) is 19.3 Å². The summed E-state index contributed by atoms with van der Waals surface area (Å²) in [7, 11) is 0. The van der Waals surface area contributed by atoms with E-state index in [0.717, 1.165) is 17.7 Å². The second-order valence-corrected chi connectivity index (χ2v) is 6.80. The fourth-order valence-electron chi connectivity index (χ4n) is 2.75. The third kappa shape index (κ3) is 5.96. The number of carbonyl (C=O) groups excluding carboxylic acids is 2. The van der Waals surface area contributed by atoms with Crippen molar-refractivity contribution in [1.82, 2.24) is 15.5 Å². The number of halogens is 1. The Kier molecular flexibility index (Phi) is 6.81. The molecule has 0 atom stereocenters. The van der Waals surface area contributed by atoms with Gasteiger partial charge in [-0.2, -0.15) is 5.10 Å². The summed E-state index contributed by atoms with van der Waals surface area (Å²) in [5.74, 6) is 0.241. The third-order valence-corrected chi connectivity index (χ3v) is 4.33. The van der Waals surface area contributed by atoms with Gasteiger partial charge < -0.3 is 10.6 Å². The summed E-state index contributed by atoms with van der Waals surface area (Å²) >= 11 is 5.93. The Morgan fingerprint density at radius 3 is 2.64 bits per heavy atom. The molecule has 6 nitrogen and oxygen atoms in total. The van der Waals surface area contributed by atoms with E-state index in [1.54, 1.807) is 30.3 Å². The molecule has 0 fully saturated rings. The van der Waals surface area contributed by atoms with Crippen LogP contribution < -0.4 is 10.6 Å². The molecule has 3 N–H and O–H groups in total. The van der Waals surface area contributed by atoms with Crippen LogP contribution in [0.2, 0.25) is 5.02 Å². The maximum Gasteiger partial charge on any atom is 0.251 e. The van der Waals surface area contributed by atoms with Crippen LogP contribution in [0.1, 0.15) is 28.0 Å². The topological polar surface area (TPSA) is 86.9 Å². The zero-order valence-corrected chi connectivity index (χ0v) is 16.0. The number of aromatic nitrogens is 2. The van der Waals surface area contributed by atoms with Crippen LogP contribution in [0.15, 0.2) is 60.7 Å². The molecule has 0 aliphatic carbocycles. The minimum atomic E-state index is -0.157. The van der Waals surface area contributed by atoms with Gasteiger partial charge in [0.05, 0.1) is 6.42 Å². The predicted octanol–water partition coefficient (Wildman–Crippen LogP) is 3.61. The lowest BCUT2D eigenvalue weighted by Gasteiger charge is -2.04. The first-order valence-corrected chi connectivity index (χ1v) is 9.40. The van der Waals surface area contributed by atoms with Gasteiger partial charge in [0.2, 0.25) is 5.91 Å². The van der Waals surface area contributed by atoms with Crippen LogP contribution >= 0.6 is 11.6 Å². The standard InChI is InChI=1S/C21H21ClN4O2/c22-17-9-4-6-15(12-17)13-20(27)24-19-14-18(25-26-19)10-5-11-23-21(28)16-7-2-1-3-8-16/h1-4,6-9,12,14H,5,10-11,13H2,(H,23,28)(H2,24,25,26,27). The normalized spacial score (nSPS) is 10.5. The molecule has 0 aliphatic heterocycles. The molecule has 0 saturated carbocycles. The van der Waals surface area contributed by atoms with Crippen LogP contribution in [0, 0.1) is 0 Å². The maximum absolute atomic E-state index is 12.1. The van der Waals surface area contributed by atoms with Crippen molar-refractivity contribution in [3.8, 4) is 0 Å². The van der Waals surface area contributed by atoms with E-state index in [1.807, 2.05) is 30.3 Å². The van der Waals surface area contributed by atoms with E-state index in [-0.39, 0.29) is 18.2 Å². The Labute approximate surface area is 168 Å². The van der Waals surface area contributed by atoms with Gasteiger partial charge in [-0.1, -0.05) is 41.9 Å². The molecule has 2 amide bonds. The molecule has 0 aliphatic rings. The van der Waals surface area contributed by atoms with Crippen LogP contribution in [-0.2, 0) is 17.6 Å². The van der Waals surface area contributed by atoms with Crippen molar-refractivity contribution in [2.75, 3.05) is 11.9 Å². The quantitative estimate of drug-likeness (QED) is 0.508. The summed E-state index contributed by atoms with van der Waals surface area (Å²) in [5.41, 5.74) is 2.38. The molecule has 0 spiro atoms. The van der Waals surface area contributed by atoms with E-state index in [0.29, 0.717) is 29.4 Å². The fraction of sp³-hybridized carbons (Fsp3) is 0.190. The summed E-state index contributed by atoms with van der Waals surface area (Å²) in [6.07, 6.45) is 1.71. The van der Waals surface area contributed by atoms with Crippen LogP contribution in [0.5, 0.6) is 0 Å². The average Bonchev–Trinajstić information content (AvgIpc) is 3.12. The van der Waals surface area contributed by atoms with Gasteiger partial charge in [-0.05, 0) is 42.7 Å². The zero-order valence-electron chi connectivity index (χ0n) is 15.2. The van der Waals surface area contributed by atoms with E-state index in [9.17, 15) is 9.59 Å². The van der Waals surface area contributed by atoms with Crippen LogP contribution in [0.4, 0.5) is 5.82 Å².